The minimum absolute atomic E-state index is 0.238. The molecule has 1 fully saturated rings. The summed E-state index contributed by atoms with van der Waals surface area (Å²) in [6.45, 7) is 2.16. The molecule has 1 saturated heterocycles. The summed E-state index contributed by atoms with van der Waals surface area (Å²) >= 11 is 7.99. The Morgan fingerprint density at radius 3 is 2.70 bits per heavy atom. The normalized spacial score (nSPS) is 15.2. The van der Waals surface area contributed by atoms with E-state index in [2.05, 4.69) is 0 Å². The number of thiocarbonyl (C=S) groups is 1. The van der Waals surface area contributed by atoms with Gasteiger partial charge in [-0.05, 0) is 48.9 Å². The zero-order valence-electron chi connectivity index (χ0n) is 17.4. The van der Waals surface area contributed by atoms with Crippen LogP contribution in [0.2, 0.25) is 0 Å². The van der Waals surface area contributed by atoms with Gasteiger partial charge in [0, 0.05) is 11.1 Å². The van der Waals surface area contributed by atoms with Gasteiger partial charge in [0.05, 0.1) is 23.3 Å². The number of carbonyl (C=O) groups excluding carboxylic acids is 1. The van der Waals surface area contributed by atoms with Gasteiger partial charge in [-0.2, -0.15) is 0 Å². The molecule has 1 aliphatic rings. The first kappa shape index (κ1) is 21.7. The molecule has 9 heteroatoms. The van der Waals surface area contributed by atoms with Crippen LogP contribution in [0.5, 0.6) is 0 Å². The van der Waals surface area contributed by atoms with Crippen LogP contribution in [0, 0.1) is 6.92 Å². The van der Waals surface area contributed by atoms with Gasteiger partial charge >= 0.3 is 0 Å². The molecule has 0 bridgehead atoms. The molecule has 33 heavy (non-hydrogen) atoms. The summed E-state index contributed by atoms with van der Waals surface area (Å²) in [6.07, 6.45) is 4.91. The fraction of sp³-hybridized carbons (Fsp3) is 0.0833. The largest absolute Gasteiger partial charge is 0.467 e. The maximum atomic E-state index is 13.5. The number of carbonyl (C=O) groups is 1. The van der Waals surface area contributed by atoms with Crippen LogP contribution in [0.4, 0.5) is 0 Å². The van der Waals surface area contributed by atoms with E-state index in [-0.39, 0.29) is 18.0 Å². The topological polar surface area (TPSA) is 67.8 Å². The summed E-state index contributed by atoms with van der Waals surface area (Å²) in [6, 6.07) is 17.0. The van der Waals surface area contributed by atoms with Crippen molar-refractivity contribution in [3.8, 4) is 0 Å². The van der Waals surface area contributed by atoms with Gasteiger partial charge in [0.25, 0.3) is 11.5 Å². The molecule has 0 spiro atoms. The first-order chi connectivity index (χ1) is 16.0. The molecule has 164 valence electrons. The van der Waals surface area contributed by atoms with E-state index in [0.717, 1.165) is 10.5 Å². The van der Waals surface area contributed by atoms with Crippen LogP contribution in [0.15, 0.2) is 91.1 Å². The fourth-order valence-electron chi connectivity index (χ4n) is 3.37. The smallest absolute Gasteiger partial charge is 0.266 e. The molecule has 1 amide bonds. The molecule has 0 saturated carbocycles. The lowest BCUT2D eigenvalue weighted by atomic mass is 10.2. The van der Waals surface area contributed by atoms with Gasteiger partial charge in [-0.1, -0.05) is 60.0 Å². The van der Waals surface area contributed by atoms with E-state index >= 15 is 0 Å². The highest BCUT2D eigenvalue weighted by Gasteiger charge is 2.33. The number of aromatic nitrogens is 2. The van der Waals surface area contributed by atoms with Crippen molar-refractivity contribution in [2.24, 2.45) is 0 Å². The third kappa shape index (κ3) is 4.39. The van der Waals surface area contributed by atoms with E-state index in [1.807, 2.05) is 49.4 Å². The Morgan fingerprint density at radius 2 is 1.94 bits per heavy atom. The minimum atomic E-state index is -0.259. The van der Waals surface area contributed by atoms with Crippen LogP contribution in [0.25, 0.3) is 11.7 Å². The van der Waals surface area contributed by atoms with Crippen LogP contribution in [-0.4, -0.2) is 24.5 Å². The third-order valence-corrected chi connectivity index (χ3v) is 7.36. The average molecular weight is 492 g/mol. The second-order valence-corrected chi connectivity index (χ2v) is 10.1. The monoisotopic (exact) mass is 491 g/mol. The molecule has 5 rings (SSSR count). The van der Waals surface area contributed by atoms with Crippen molar-refractivity contribution in [1.82, 2.24) is 14.3 Å². The Kier molecular flexibility index (Phi) is 5.92. The molecule has 1 aromatic carbocycles. The summed E-state index contributed by atoms with van der Waals surface area (Å²) < 4.78 is 7.30. The van der Waals surface area contributed by atoms with E-state index in [0.29, 0.717) is 31.2 Å². The number of nitrogens with zero attached hydrogens (tertiary/aromatic N) is 3. The average Bonchev–Trinajstić information content (AvgIpc) is 3.42. The summed E-state index contributed by atoms with van der Waals surface area (Å²) in [5.41, 5.74) is 1.60. The van der Waals surface area contributed by atoms with Gasteiger partial charge in [-0.3, -0.25) is 18.9 Å². The van der Waals surface area contributed by atoms with Gasteiger partial charge in [0.15, 0.2) is 0 Å². The zero-order chi connectivity index (χ0) is 22.9. The van der Waals surface area contributed by atoms with E-state index in [9.17, 15) is 9.59 Å². The van der Waals surface area contributed by atoms with Crippen molar-refractivity contribution in [1.29, 1.82) is 0 Å². The van der Waals surface area contributed by atoms with Crippen LogP contribution in [0.3, 0.4) is 0 Å². The van der Waals surface area contributed by atoms with Crippen molar-refractivity contribution in [2.75, 3.05) is 0 Å². The SMILES string of the molecule is Cc1ccc2nc(Sc3ccccc3)c(/C=C3\SC(=S)N(Cc4ccco4)C3=O)c(=O)n2c1. The van der Waals surface area contributed by atoms with Gasteiger partial charge in [0.2, 0.25) is 0 Å². The molecule has 4 heterocycles. The minimum Gasteiger partial charge on any atom is -0.467 e. The number of fused-ring (bicyclic) bond motifs is 1. The quantitative estimate of drug-likeness (QED) is 0.217. The Balaban J connectivity index is 1.60. The van der Waals surface area contributed by atoms with Crippen molar-refractivity contribution < 1.29 is 9.21 Å². The molecule has 0 atom stereocenters. The number of rotatable bonds is 5. The summed E-state index contributed by atoms with van der Waals surface area (Å²) in [5.74, 6) is 0.376. The Morgan fingerprint density at radius 1 is 1.12 bits per heavy atom. The molecule has 1 aliphatic heterocycles. The van der Waals surface area contributed by atoms with Gasteiger partial charge in [-0.25, -0.2) is 4.98 Å². The van der Waals surface area contributed by atoms with Gasteiger partial charge in [-0.15, -0.1) is 0 Å². The molecule has 0 N–H and O–H groups in total. The van der Waals surface area contributed by atoms with Crippen LogP contribution >= 0.6 is 35.7 Å². The Labute approximate surface area is 203 Å². The standard InChI is InChI=1S/C24H17N3O3S3/c1-15-9-10-20-25-21(32-17-7-3-2-4-8-17)18(22(28)26(20)13-15)12-19-23(29)27(24(31)33-19)14-16-6-5-11-30-16/h2-13H,14H2,1H3/b19-12-. The highest BCUT2D eigenvalue weighted by Crippen LogP contribution is 2.35. The summed E-state index contributed by atoms with van der Waals surface area (Å²) in [7, 11) is 0. The number of pyridine rings is 1. The van der Waals surface area contributed by atoms with Gasteiger partial charge < -0.3 is 4.42 Å². The number of amides is 1. The lowest BCUT2D eigenvalue weighted by Crippen LogP contribution is -2.27. The number of thioether (sulfide) groups is 1. The first-order valence-electron chi connectivity index (χ1n) is 10.0. The summed E-state index contributed by atoms with van der Waals surface area (Å²) in [4.78, 5) is 34.1. The highest BCUT2D eigenvalue weighted by molar-refractivity contribution is 8.26. The molecule has 0 radical (unpaired) electrons. The predicted molar refractivity (Wildman–Crippen MR) is 134 cm³/mol. The number of furan rings is 1. The van der Waals surface area contributed by atoms with E-state index in [1.165, 1.54) is 32.8 Å². The van der Waals surface area contributed by atoms with Crippen LogP contribution in [-0.2, 0) is 11.3 Å². The molecule has 0 unspecified atom stereocenters. The first-order valence-corrected chi connectivity index (χ1v) is 12.1. The molecule has 0 aliphatic carbocycles. The summed E-state index contributed by atoms with van der Waals surface area (Å²) in [5, 5.41) is 0.534. The number of hydrogen-bond acceptors (Lipinski definition) is 7. The predicted octanol–water partition coefficient (Wildman–Crippen LogP) is 5.15. The Hall–Kier alpha value is -3.14. The second-order valence-electron chi connectivity index (χ2n) is 7.33. The van der Waals surface area contributed by atoms with Crippen LogP contribution < -0.4 is 5.56 Å². The number of aryl methyl sites for hydroxylation is 1. The molecule has 4 aromatic rings. The van der Waals surface area contributed by atoms with Crippen molar-refractivity contribution >= 4 is 57.7 Å². The van der Waals surface area contributed by atoms with Crippen molar-refractivity contribution in [3.05, 3.63) is 99.2 Å². The van der Waals surface area contributed by atoms with Crippen LogP contribution in [0.1, 0.15) is 16.9 Å². The lowest BCUT2D eigenvalue weighted by molar-refractivity contribution is -0.122. The highest BCUT2D eigenvalue weighted by atomic mass is 32.2. The third-order valence-electron chi connectivity index (χ3n) is 4.97. The lowest BCUT2D eigenvalue weighted by Gasteiger charge is -2.12. The van der Waals surface area contributed by atoms with Gasteiger partial charge in [0.1, 0.15) is 20.8 Å². The molecular weight excluding hydrogens is 474 g/mol. The second kappa shape index (κ2) is 9.01. The van der Waals surface area contributed by atoms with Crippen molar-refractivity contribution in [2.45, 2.75) is 23.4 Å². The molecule has 3 aromatic heterocycles. The van der Waals surface area contributed by atoms with E-state index < -0.39 is 0 Å². The number of benzene rings is 1. The molecular formula is C24H17N3O3S3. The Bertz CT molecular complexity index is 1460. The fourth-order valence-corrected chi connectivity index (χ4v) is 5.51. The van der Waals surface area contributed by atoms with E-state index in [4.69, 9.17) is 21.6 Å². The maximum Gasteiger partial charge on any atom is 0.266 e. The zero-order valence-corrected chi connectivity index (χ0v) is 19.9. The maximum absolute atomic E-state index is 13.5. The molecule has 6 nitrogen and oxygen atoms in total. The van der Waals surface area contributed by atoms with Crippen molar-refractivity contribution in [3.63, 3.8) is 0 Å². The van der Waals surface area contributed by atoms with E-state index in [1.54, 1.807) is 30.7 Å². The number of hydrogen-bond donors (Lipinski definition) is 0.